The van der Waals surface area contributed by atoms with Crippen molar-refractivity contribution in [3.8, 4) is 5.75 Å². The van der Waals surface area contributed by atoms with Crippen LogP contribution in [0.15, 0.2) is 18.2 Å². The molecular weight excluding hydrogens is 258 g/mol. The molecule has 0 bridgehead atoms. The summed E-state index contributed by atoms with van der Waals surface area (Å²) in [5.41, 5.74) is 2.07. The number of benzene rings is 1. The van der Waals surface area contributed by atoms with Crippen LogP contribution < -0.4 is 4.74 Å². The van der Waals surface area contributed by atoms with E-state index in [1.807, 2.05) is 18.2 Å². The van der Waals surface area contributed by atoms with Gasteiger partial charge in [0, 0.05) is 20.0 Å². The van der Waals surface area contributed by atoms with Gasteiger partial charge in [0.2, 0.25) is 5.91 Å². The molecule has 1 aliphatic heterocycles. The standard InChI is InChI=1S/C15H19NO4/c1-10(15(18)19)9-16(2)14(17)8-11-3-4-13-12(7-11)5-6-20-13/h3-4,7,10H,5-6,8-9H2,1-2H3,(H,18,19). The van der Waals surface area contributed by atoms with E-state index in [2.05, 4.69) is 0 Å². The van der Waals surface area contributed by atoms with Gasteiger partial charge in [0.25, 0.3) is 0 Å². The summed E-state index contributed by atoms with van der Waals surface area (Å²) in [6, 6.07) is 5.77. The minimum absolute atomic E-state index is 0.0723. The number of likely N-dealkylation sites (N-methyl/N-ethyl adjacent to an activating group) is 1. The van der Waals surface area contributed by atoms with Crippen LogP contribution in [0.5, 0.6) is 5.75 Å². The SMILES string of the molecule is CC(CN(C)C(=O)Cc1ccc2c(c1)CCO2)C(=O)O. The molecule has 0 radical (unpaired) electrons. The third kappa shape index (κ3) is 3.29. The number of amides is 1. The number of carbonyl (C=O) groups excluding carboxylic acids is 1. The first-order valence-electron chi connectivity index (χ1n) is 6.68. The molecule has 1 heterocycles. The maximum atomic E-state index is 12.1. The van der Waals surface area contributed by atoms with E-state index in [0.717, 1.165) is 23.3 Å². The average molecular weight is 277 g/mol. The van der Waals surface area contributed by atoms with E-state index in [1.165, 1.54) is 4.90 Å². The molecule has 1 amide bonds. The number of nitrogens with zero attached hydrogens (tertiary/aromatic N) is 1. The van der Waals surface area contributed by atoms with Crippen molar-refractivity contribution in [1.82, 2.24) is 4.90 Å². The summed E-state index contributed by atoms with van der Waals surface area (Å²) in [4.78, 5) is 24.3. The summed E-state index contributed by atoms with van der Waals surface area (Å²) in [5, 5.41) is 8.86. The van der Waals surface area contributed by atoms with Crippen molar-refractivity contribution < 1.29 is 19.4 Å². The molecule has 0 saturated heterocycles. The van der Waals surface area contributed by atoms with Crippen molar-refractivity contribution in [1.29, 1.82) is 0 Å². The monoisotopic (exact) mass is 277 g/mol. The van der Waals surface area contributed by atoms with E-state index in [4.69, 9.17) is 9.84 Å². The first-order valence-corrected chi connectivity index (χ1v) is 6.68. The zero-order valence-corrected chi connectivity index (χ0v) is 11.8. The van der Waals surface area contributed by atoms with E-state index in [-0.39, 0.29) is 18.9 Å². The fourth-order valence-electron chi connectivity index (χ4n) is 2.25. The highest BCUT2D eigenvalue weighted by atomic mass is 16.5. The molecule has 0 spiro atoms. The van der Waals surface area contributed by atoms with Crippen molar-refractivity contribution in [2.75, 3.05) is 20.2 Å². The van der Waals surface area contributed by atoms with Crippen LogP contribution >= 0.6 is 0 Å². The van der Waals surface area contributed by atoms with Crippen LogP contribution in [0.4, 0.5) is 0 Å². The Bertz CT molecular complexity index is 527. The first kappa shape index (κ1) is 14.4. The van der Waals surface area contributed by atoms with Crippen molar-refractivity contribution in [3.63, 3.8) is 0 Å². The van der Waals surface area contributed by atoms with Crippen LogP contribution in [0.3, 0.4) is 0 Å². The lowest BCUT2D eigenvalue weighted by Gasteiger charge is -2.19. The Hall–Kier alpha value is -2.04. The molecular formula is C15H19NO4. The summed E-state index contributed by atoms with van der Waals surface area (Å²) in [6.45, 7) is 2.52. The van der Waals surface area contributed by atoms with Crippen LogP contribution in [-0.2, 0) is 22.4 Å². The zero-order valence-electron chi connectivity index (χ0n) is 11.8. The fraction of sp³-hybridized carbons (Fsp3) is 0.467. The molecule has 5 nitrogen and oxygen atoms in total. The summed E-state index contributed by atoms with van der Waals surface area (Å²) in [7, 11) is 1.64. The lowest BCUT2D eigenvalue weighted by molar-refractivity contribution is -0.142. The molecule has 1 unspecified atom stereocenters. The van der Waals surface area contributed by atoms with Crippen LogP contribution in [0, 0.1) is 5.92 Å². The largest absolute Gasteiger partial charge is 0.493 e. The van der Waals surface area contributed by atoms with Gasteiger partial charge < -0.3 is 14.7 Å². The van der Waals surface area contributed by atoms with E-state index in [9.17, 15) is 9.59 Å². The summed E-state index contributed by atoms with van der Waals surface area (Å²) in [6.07, 6.45) is 1.17. The Morgan fingerprint density at radius 2 is 2.20 bits per heavy atom. The Balaban J connectivity index is 1.95. The van der Waals surface area contributed by atoms with Crippen molar-refractivity contribution in [3.05, 3.63) is 29.3 Å². The number of carbonyl (C=O) groups is 2. The van der Waals surface area contributed by atoms with Crippen molar-refractivity contribution in [2.24, 2.45) is 5.92 Å². The average Bonchev–Trinajstić information content (AvgIpc) is 2.85. The number of fused-ring (bicyclic) bond motifs is 1. The number of carboxylic acids is 1. The first-order chi connectivity index (χ1) is 9.47. The molecule has 20 heavy (non-hydrogen) atoms. The maximum absolute atomic E-state index is 12.1. The van der Waals surface area contributed by atoms with Crippen LogP contribution in [0.1, 0.15) is 18.1 Å². The number of hydrogen-bond acceptors (Lipinski definition) is 3. The second kappa shape index (κ2) is 5.94. The Labute approximate surface area is 118 Å². The molecule has 108 valence electrons. The molecule has 1 aliphatic rings. The lowest BCUT2D eigenvalue weighted by atomic mass is 10.1. The Morgan fingerprint density at radius 3 is 2.90 bits per heavy atom. The van der Waals surface area contributed by atoms with Gasteiger partial charge in [0.05, 0.1) is 18.9 Å². The molecule has 1 aromatic rings. The van der Waals surface area contributed by atoms with Crippen LogP contribution in [0.2, 0.25) is 0 Å². The number of aliphatic carboxylic acids is 1. The summed E-state index contributed by atoms with van der Waals surface area (Å²) < 4.78 is 5.42. The fourth-order valence-corrected chi connectivity index (χ4v) is 2.25. The number of carboxylic acid groups (broad SMARTS) is 1. The molecule has 0 aliphatic carbocycles. The number of rotatable bonds is 5. The van der Waals surface area contributed by atoms with Gasteiger partial charge in [-0.2, -0.15) is 0 Å². The predicted molar refractivity (Wildman–Crippen MR) is 73.8 cm³/mol. The predicted octanol–water partition coefficient (Wildman–Crippen LogP) is 1.34. The minimum Gasteiger partial charge on any atom is -0.493 e. The van der Waals surface area contributed by atoms with Gasteiger partial charge >= 0.3 is 5.97 Å². The van der Waals surface area contributed by atoms with Gasteiger partial charge in [0.1, 0.15) is 5.75 Å². The smallest absolute Gasteiger partial charge is 0.308 e. The normalized spacial score (nSPS) is 14.3. The van der Waals surface area contributed by atoms with Gasteiger partial charge in [-0.05, 0) is 17.2 Å². The lowest BCUT2D eigenvalue weighted by Crippen LogP contribution is -2.34. The highest BCUT2D eigenvalue weighted by Gasteiger charge is 2.18. The topological polar surface area (TPSA) is 66.8 Å². The van der Waals surface area contributed by atoms with Crippen molar-refractivity contribution >= 4 is 11.9 Å². The molecule has 1 aromatic carbocycles. The highest BCUT2D eigenvalue weighted by molar-refractivity contribution is 5.79. The van der Waals surface area contributed by atoms with Gasteiger partial charge in [0.15, 0.2) is 0 Å². The summed E-state index contributed by atoms with van der Waals surface area (Å²) >= 11 is 0. The maximum Gasteiger partial charge on any atom is 0.308 e. The second-order valence-corrected chi connectivity index (χ2v) is 5.23. The van der Waals surface area contributed by atoms with Crippen molar-refractivity contribution in [2.45, 2.75) is 19.8 Å². The molecule has 5 heteroatoms. The quantitative estimate of drug-likeness (QED) is 0.882. The molecule has 1 N–H and O–H groups in total. The molecule has 0 saturated carbocycles. The third-order valence-electron chi connectivity index (χ3n) is 3.50. The Kier molecular flexibility index (Phi) is 4.27. The van der Waals surface area contributed by atoms with Gasteiger partial charge in [-0.1, -0.05) is 19.1 Å². The highest BCUT2D eigenvalue weighted by Crippen LogP contribution is 2.26. The Morgan fingerprint density at radius 1 is 1.45 bits per heavy atom. The molecule has 1 atom stereocenters. The molecule has 0 fully saturated rings. The molecule has 0 aromatic heterocycles. The zero-order chi connectivity index (χ0) is 14.7. The molecule has 2 rings (SSSR count). The van der Waals surface area contributed by atoms with Crippen LogP contribution in [-0.4, -0.2) is 42.1 Å². The third-order valence-corrected chi connectivity index (χ3v) is 3.50. The number of hydrogen-bond donors (Lipinski definition) is 1. The summed E-state index contributed by atoms with van der Waals surface area (Å²) in [5.74, 6) is -0.622. The minimum atomic E-state index is -0.890. The van der Waals surface area contributed by atoms with E-state index in [1.54, 1.807) is 14.0 Å². The van der Waals surface area contributed by atoms with E-state index < -0.39 is 11.9 Å². The second-order valence-electron chi connectivity index (χ2n) is 5.23. The van der Waals surface area contributed by atoms with Gasteiger partial charge in [-0.15, -0.1) is 0 Å². The van der Waals surface area contributed by atoms with E-state index >= 15 is 0 Å². The van der Waals surface area contributed by atoms with E-state index in [0.29, 0.717) is 6.61 Å². The van der Waals surface area contributed by atoms with Crippen LogP contribution in [0.25, 0.3) is 0 Å². The van der Waals surface area contributed by atoms with Gasteiger partial charge in [-0.25, -0.2) is 0 Å². The number of ether oxygens (including phenoxy) is 1. The van der Waals surface area contributed by atoms with Gasteiger partial charge in [-0.3, -0.25) is 9.59 Å².